The Morgan fingerprint density at radius 3 is 2.57 bits per heavy atom. The van der Waals surface area contributed by atoms with Crippen LogP contribution >= 0.6 is 11.3 Å². The predicted molar refractivity (Wildman–Crippen MR) is 90.3 cm³/mol. The first-order chi connectivity index (χ1) is 9.99. The number of anilines is 1. The molecule has 0 bridgehead atoms. The number of nitrogens with one attached hydrogen (secondary N) is 1. The van der Waals surface area contributed by atoms with E-state index >= 15 is 0 Å². The fourth-order valence-corrected chi connectivity index (χ4v) is 3.86. The van der Waals surface area contributed by atoms with Gasteiger partial charge in [0, 0.05) is 24.5 Å². The number of thiazole rings is 1. The lowest BCUT2D eigenvalue weighted by Crippen LogP contribution is -2.45. The van der Waals surface area contributed by atoms with Gasteiger partial charge in [-0.25, -0.2) is 4.98 Å². The minimum Gasteiger partial charge on any atom is -0.372 e. The number of nitrogens with zero attached hydrogens (tertiary/aromatic N) is 2. The van der Waals surface area contributed by atoms with E-state index in [2.05, 4.69) is 44.8 Å². The summed E-state index contributed by atoms with van der Waals surface area (Å²) in [5.41, 5.74) is 1.25. The summed E-state index contributed by atoms with van der Waals surface area (Å²) < 4.78 is 5.82. The molecule has 0 aliphatic carbocycles. The molecule has 1 aromatic heterocycles. The SMILES string of the molecule is CCc1nc(N2C[C@@H](C)O[C@@H](C)C2)sc1CNCC(C)C. The van der Waals surface area contributed by atoms with Crippen molar-refractivity contribution in [3.8, 4) is 0 Å². The molecule has 0 aromatic carbocycles. The van der Waals surface area contributed by atoms with Crippen molar-refractivity contribution in [2.45, 2.75) is 59.8 Å². The Kier molecular flexibility index (Phi) is 6.02. The summed E-state index contributed by atoms with van der Waals surface area (Å²) in [6, 6.07) is 0. The lowest BCUT2D eigenvalue weighted by atomic mass is 10.2. The van der Waals surface area contributed by atoms with E-state index in [-0.39, 0.29) is 12.2 Å². The van der Waals surface area contributed by atoms with Crippen LogP contribution in [0, 0.1) is 5.92 Å². The van der Waals surface area contributed by atoms with Crippen LogP contribution in [0.3, 0.4) is 0 Å². The fourth-order valence-electron chi connectivity index (χ4n) is 2.73. The molecule has 2 atom stereocenters. The van der Waals surface area contributed by atoms with Crippen LogP contribution in [-0.4, -0.2) is 36.8 Å². The minimum atomic E-state index is 0.283. The monoisotopic (exact) mass is 311 g/mol. The largest absolute Gasteiger partial charge is 0.372 e. The zero-order chi connectivity index (χ0) is 15.4. The zero-order valence-corrected chi connectivity index (χ0v) is 14.8. The van der Waals surface area contributed by atoms with Gasteiger partial charge in [0.15, 0.2) is 5.13 Å². The number of morpholine rings is 1. The molecule has 120 valence electrons. The third-order valence-electron chi connectivity index (χ3n) is 3.63. The van der Waals surface area contributed by atoms with Gasteiger partial charge in [-0.2, -0.15) is 0 Å². The van der Waals surface area contributed by atoms with Gasteiger partial charge in [0.25, 0.3) is 0 Å². The molecule has 0 saturated carbocycles. The highest BCUT2D eigenvalue weighted by molar-refractivity contribution is 7.15. The maximum atomic E-state index is 5.82. The van der Waals surface area contributed by atoms with Crippen molar-refractivity contribution in [1.82, 2.24) is 10.3 Å². The van der Waals surface area contributed by atoms with Crippen molar-refractivity contribution in [3.05, 3.63) is 10.6 Å². The van der Waals surface area contributed by atoms with E-state index in [9.17, 15) is 0 Å². The average Bonchev–Trinajstić information content (AvgIpc) is 2.80. The van der Waals surface area contributed by atoms with E-state index < -0.39 is 0 Å². The maximum Gasteiger partial charge on any atom is 0.186 e. The number of aryl methyl sites for hydroxylation is 1. The summed E-state index contributed by atoms with van der Waals surface area (Å²) in [5.74, 6) is 0.684. The molecule has 1 N–H and O–H groups in total. The van der Waals surface area contributed by atoms with Gasteiger partial charge >= 0.3 is 0 Å². The molecule has 1 saturated heterocycles. The van der Waals surface area contributed by atoms with Gasteiger partial charge in [0.05, 0.1) is 17.9 Å². The summed E-state index contributed by atoms with van der Waals surface area (Å²) in [6.45, 7) is 14.8. The smallest absolute Gasteiger partial charge is 0.186 e. The quantitative estimate of drug-likeness (QED) is 0.876. The van der Waals surface area contributed by atoms with Crippen LogP contribution in [0.4, 0.5) is 5.13 Å². The van der Waals surface area contributed by atoms with Gasteiger partial charge in [-0.15, -0.1) is 11.3 Å². The van der Waals surface area contributed by atoms with E-state index in [0.29, 0.717) is 5.92 Å². The van der Waals surface area contributed by atoms with E-state index in [1.54, 1.807) is 0 Å². The van der Waals surface area contributed by atoms with Crippen molar-refractivity contribution in [1.29, 1.82) is 0 Å². The normalized spacial score (nSPS) is 23.0. The molecule has 2 rings (SSSR count). The molecule has 4 nitrogen and oxygen atoms in total. The standard InChI is InChI=1S/C16H29N3OS/c1-6-14-15(8-17-7-11(2)3)21-16(18-14)19-9-12(4)20-13(5)10-19/h11-13,17H,6-10H2,1-5H3/t12-,13+. The molecule has 1 aliphatic rings. The molecule has 0 unspecified atom stereocenters. The first-order valence-electron chi connectivity index (χ1n) is 8.09. The van der Waals surface area contributed by atoms with E-state index in [1.165, 1.54) is 10.6 Å². The molecule has 1 fully saturated rings. The first-order valence-corrected chi connectivity index (χ1v) is 8.90. The van der Waals surface area contributed by atoms with Crippen molar-refractivity contribution in [2.24, 2.45) is 5.92 Å². The van der Waals surface area contributed by atoms with Crippen LogP contribution in [0.15, 0.2) is 0 Å². The summed E-state index contributed by atoms with van der Waals surface area (Å²) in [6.07, 6.45) is 1.57. The van der Waals surface area contributed by atoms with Crippen molar-refractivity contribution in [3.63, 3.8) is 0 Å². The molecule has 1 aliphatic heterocycles. The second-order valence-corrected chi connectivity index (χ2v) is 7.47. The highest BCUT2D eigenvalue weighted by atomic mass is 32.1. The van der Waals surface area contributed by atoms with Crippen LogP contribution in [0.2, 0.25) is 0 Å². The Labute approximate surface area is 132 Å². The molecule has 0 radical (unpaired) electrons. The van der Waals surface area contributed by atoms with Crippen LogP contribution in [-0.2, 0) is 17.7 Å². The average molecular weight is 311 g/mol. The van der Waals surface area contributed by atoms with Crippen LogP contribution in [0.5, 0.6) is 0 Å². The van der Waals surface area contributed by atoms with Crippen LogP contribution in [0.1, 0.15) is 45.2 Å². The number of rotatable bonds is 6. The summed E-state index contributed by atoms with van der Waals surface area (Å²) in [7, 11) is 0. The van der Waals surface area contributed by atoms with Crippen molar-refractivity contribution >= 4 is 16.5 Å². The molecule has 0 amide bonds. The molecule has 2 heterocycles. The summed E-state index contributed by atoms with van der Waals surface area (Å²) >= 11 is 1.84. The highest BCUT2D eigenvalue weighted by Gasteiger charge is 2.25. The Morgan fingerprint density at radius 1 is 1.33 bits per heavy atom. The fraction of sp³-hybridized carbons (Fsp3) is 0.812. The van der Waals surface area contributed by atoms with E-state index in [1.807, 2.05) is 11.3 Å². The van der Waals surface area contributed by atoms with Gasteiger partial charge < -0.3 is 15.0 Å². The van der Waals surface area contributed by atoms with Gasteiger partial charge in [0.1, 0.15) is 0 Å². The molecule has 21 heavy (non-hydrogen) atoms. The minimum absolute atomic E-state index is 0.283. The summed E-state index contributed by atoms with van der Waals surface area (Å²) in [5, 5.41) is 4.70. The van der Waals surface area contributed by atoms with E-state index in [0.717, 1.165) is 37.7 Å². The lowest BCUT2D eigenvalue weighted by Gasteiger charge is -2.35. The summed E-state index contributed by atoms with van der Waals surface area (Å²) in [4.78, 5) is 8.64. The van der Waals surface area contributed by atoms with Crippen LogP contribution in [0.25, 0.3) is 0 Å². The second-order valence-electron chi connectivity index (χ2n) is 6.41. The zero-order valence-electron chi connectivity index (χ0n) is 14.0. The van der Waals surface area contributed by atoms with Crippen LogP contribution < -0.4 is 10.2 Å². The van der Waals surface area contributed by atoms with Gasteiger partial charge in [-0.1, -0.05) is 20.8 Å². The van der Waals surface area contributed by atoms with Gasteiger partial charge in [0.2, 0.25) is 0 Å². The third kappa shape index (κ3) is 4.66. The Hall–Kier alpha value is -0.650. The number of ether oxygens (including phenoxy) is 1. The number of hydrogen-bond acceptors (Lipinski definition) is 5. The number of hydrogen-bond donors (Lipinski definition) is 1. The number of aromatic nitrogens is 1. The molecular formula is C16H29N3OS. The molecular weight excluding hydrogens is 282 g/mol. The highest BCUT2D eigenvalue weighted by Crippen LogP contribution is 2.29. The predicted octanol–water partition coefficient (Wildman–Crippen LogP) is 3.06. The molecule has 0 spiro atoms. The Bertz CT molecular complexity index is 437. The van der Waals surface area contributed by atoms with Crippen molar-refractivity contribution < 1.29 is 4.74 Å². The molecule has 5 heteroatoms. The maximum absolute atomic E-state index is 5.82. The molecule has 1 aromatic rings. The van der Waals surface area contributed by atoms with Crippen molar-refractivity contribution in [2.75, 3.05) is 24.5 Å². The second kappa shape index (κ2) is 7.56. The van der Waals surface area contributed by atoms with Gasteiger partial charge in [-0.3, -0.25) is 0 Å². The first kappa shape index (κ1) is 16.7. The van der Waals surface area contributed by atoms with E-state index in [4.69, 9.17) is 9.72 Å². The lowest BCUT2D eigenvalue weighted by molar-refractivity contribution is -0.00523. The van der Waals surface area contributed by atoms with Gasteiger partial charge in [-0.05, 0) is 32.7 Å². The Balaban J connectivity index is 2.05. The topological polar surface area (TPSA) is 37.4 Å². The Morgan fingerprint density at radius 2 is 2.00 bits per heavy atom. The third-order valence-corrected chi connectivity index (χ3v) is 4.79.